The van der Waals surface area contributed by atoms with Crippen molar-refractivity contribution in [1.29, 1.82) is 0 Å². The lowest BCUT2D eigenvalue weighted by molar-refractivity contribution is 0.0915. The minimum Gasteiger partial charge on any atom is -0.497 e. The Labute approximate surface area is 183 Å². The highest BCUT2D eigenvalue weighted by Gasteiger charge is 2.24. The van der Waals surface area contributed by atoms with E-state index in [4.69, 9.17) is 9.26 Å². The third-order valence-corrected chi connectivity index (χ3v) is 5.87. The van der Waals surface area contributed by atoms with Crippen molar-refractivity contribution in [3.8, 4) is 17.1 Å². The minimum absolute atomic E-state index is 0.110. The summed E-state index contributed by atoms with van der Waals surface area (Å²) in [6.45, 7) is 4.62. The van der Waals surface area contributed by atoms with E-state index in [9.17, 15) is 4.79 Å². The number of hydrogen-bond donors (Lipinski definition) is 1. The van der Waals surface area contributed by atoms with Crippen LogP contribution in [0, 0.1) is 6.92 Å². The van der Waals surface area contributed by atoms with Crippen LogP contribution in [0.2, 0.25) is 0 Å². The Balaban J connectivity index is 1.46. The number of amides is 1. The molecule has 0 aliphatic carbocycles. The zero-order chi connectivity index (χ0) is 21.6. The highest BCUT2D eigenvalue weighted by atomic mass is 16.5. The summed E-state index contributed by atoms with van der Waals surface area (Å²) in [5.41, 5.74) is 3.54. The van der Waals surface area contributed by atoms with E-state index in [2.05, 4.69) is 27.5 Å². The fraction of sp³-hybridized carbons (Fsp3) is 0.360. The number of benzene rings is 2. The molecule has 1 aromatic heterocycles. The normalized spacial score (nSPS) is 15.4. The topological polar surface area (TPSA) is 67.6 Å². The first kappa shape index (κ1) is 21.1. The highest BCUT2D eigenvalue weighted by Crippen LogP contribution is 2.26. The van der Waals surface area contributed by atoms with Gasteiger partial charge in [0.1, 0.15) is 5.75 Å². The van der Waals surface area contributed by atoms with Crippen LogP contribution in [0.1, 0.15) is 46.9 Å². The molecule has 0 unspecified atom stereocenters. The molecule has 3 aromatic rings. The molecule has 2 aromatic carbocycles. The van der Waals surface area contributed by atoms with Gasteiger partial charge in [-0.15, -0.1) is 0 Å². The molecule has 0 bridgehead atoms. The summed E-state index contributed by atoms with van der Waals surface area (Å²) in [6, 6.07) is 17.9. The Bertz CT molecular complexity index is 990. The van der Waals surface area contributed by atoms with Crippen molar-refractivity contribution in [2.45, 2.75) is 32.2 Å². The largest absolute Gasteiger partial charge is 0.497 e. The second kappa shape index (κ2) is 9.79. The molecule has 1 fully saturated rings. The molecule has 31 heavy (non-hydrogen) atoms. The van der Waals surface area contributed by atoms with Gasteiger partial charge in [0.15, 0.2) is 11.5 Å². The maximum absolute atomic E-state index is 12.8. The molecule has 1 aliphatic heterocycles. The van der Waals surface area contributed by atoms with E-state index in [1.807, 2.05) is 43.3 Å². The van der Waals surface area contributed by atoms with Crippen LogP contribution in [0.5, 0.6) is 5.75 Å². The van der Waals surface area contributed by atoms with Gasteiger partial charge in [-0.1, -0.05) is 53.5 Å². The smallest absolute Gasteiger partial charge is 0.273 e. The molecule has 6 heteroatoms. The van der Waals surface area contributed by atoms with E-state index in [1.54, 1.807) is 13.2 Å². The van der Waals surface area contributed by atoms with Gasteiger partial charge in [0, 0.05) is 18.2 Å². The molecule has 1 N–H and O–H groups in total. The molecule has 4 rings (SSSR count). The standard InChI is InChI=1S/C25H29N3O3/c1-18-6-8-20(9-7-18)24-16-22(27-31-24)25(29)26-17-23(28-14-4-3-5-15-28)19-10-12-21(30-2)13-11-19/h6-13,16,23H,3-5,14-15,17H2,1-2H3,(H,26,29)/t23-/m1/s1. The molecule has 0 saturated carbocycles. The fourth-order valence-electron chi connectivity index (χ4n) is 4.03. The van der Waals surface area contributed by atoms with Gasteiger partial charge < -0.3 is 14.6 Å². The second-order valence-corrected chi connectivity index (χ2v) is 8.04. The van der Waals surface area contributed by atoms with Crippen LogP contribution in [0.15, 0.2) is 59.1 Å². The highest BCUT2D eigenvalue weighted by molar-refractivity contribution is 5.93. The van der Waals surface area contributed by atoms with Crippen molar-refractivity contribution in [1.82, 2.24) is 15.4 Å². The van der Waals surface area contributed by atoms with Crippen molar-refractivity contribution in [3.63, 3.8) is 0 Å². The summed E-state index contributed by atoms with van der Waals surface area (Å²) in [5, 5.41) is 7.05. The molecule has 162 valence electrons. The van der Waals surface area contributed by atoms with Gasteiger partial charge in [-0.25, -0.2) is 0 Å². The maximum Gasteiger partial charge on any atom is 0.273 e. The number of nitrogens with zero attached hydrogens (tertiary/aromatic N) is 2. The zero-order valence-electron chi connectivity index (χ0n) is 18.1. The first-order valence-corrected chi connectivity index (χ1v) is 10.8. The summed E-state index contributed by atoms with van der Waals surface area (Å²) in [5.74, 6) is 1.20. The Hall–Kier alpha value is -3.12. The number of rotatable bonds is 7. The van der Waals surface area contributed by atoms with E-state index < -0.39 is 0 Å². The van der Waals surface area contributed by atoms with Crippen LogP contribution in [0.3, 0.4) is 0 Å². The average molecular weight is 420 g/mol. The molecular weight excluding hydrogens is 390 g/mol. The molecule has 1 aliphatic rings. The first-order chi connectivity index (χ1) is 15.1. The number of hydrogen-bond acceptors (Lipinski definition) is 5. The van der Waals surface area contributed by atoms with Crippen molar-refractivity contribution in [2.24, 2.45) is 0 Å². The summed E-state index contributed by atoms with van der Waals surface area (Å²) >= 11 is 0. The summed E-state index contributed by atoms with van der Waals surface area (Å²) < 4.78 is 10.7. The summed E-state index contributed by atoms with van der Waals surface area (Å²) in [4.78, 5) is 15.2. The van der Waals surface area contributed by atoms with Gasteiger partial charge in [-0.2, -0.15) is 0 Å². The molecule has 2 heterocycles. The predicted molar refractivity (Wildman–Crippen MR) is 120 cm³/mol. The Morgan fingerprint density at radius 1 is 1.10 bits per heavy atom. The Morgan fingerprint density at radius 3 is 2.48 bits per heavy atom. The molecular formula is C25H29N3O3. The Kier molecular flexibility index (Phi) is 6.67. The van der Waals surface area contributed by atoms with Crippen molar-refractivity contribution in [2.75, 3.05) is 26.7 Å². The fourth-order valence-corrected chi connectivity index (χ4v) is 4.03. The number of ether oxygens (including phenoxy) is 1. The summed E-state index contributed by atoms with van der Waals surface area (Å²) in [6.07, 6.45) is 3.63. The number of carbonyl (C=O) groups excluding carboxylic acids is 1. The van der Waals surface area contributed by atoms with Crippen molar-refractivity contribution < 1.29 is 14.1 Å². The first-order valence-electron chi connectivity index (χ1n) is 10.8. The van der Waals surface area contributed by atoms with E-state index in [0.29, 0.717) is 18.0 Å². The summed E-state index contributed by atoms with van der Waals surface area (Å²) in [7, 11) is 1.67. The molecule has 0 radical (unpaired) electrons. The van der Waals surface area contributed by atoms with Gasteiger partial charge in [0.05, 0.1) is 13.2 Å². The number of aromatic nitrogens is 1. The van der Waals surface area contributed by atoms with Gasteiger partial charge in [-0.3, -0.25) is 9.69 Å². The number of aryl methyl sites for hydroxylation is 1. The lowest BCUT2D eigenvalue weighted by Gasteiger charge is -2.35. The second-order valence-electron chi connectivity index (χ2n) is 8.04. The molecule has 1 atom stereocenters. The maximum atomic E-state index is 12.8. The van der Waals surface area contributed by atoms with Crippen molar-refractivity contribution in [3.05, 3.63) is 71.4 Å². The number of piperidine rings is 1. The van der Waals surface area contributed by atoms with Gasteiger partial charge >= 0.3 is 0 Å². The zero-order valence-corrected chi connectivity index (χ0v) is 18.1. The third-order valence-electron chi connectivity index (χ3n) is 5.87. The van der Waals surface area contributed by atoms with Crippen LogP contribution in [-0.2, 0) is 0 Å². The number of nitrogens with one attached hydrogen (secondary N) is 1. The van der Waals surface area contributed by atoms with Crippen LogP contribution in [-0.4, -0.2) is 42.7 Å². The number of methoxy groups -OCH3 is 1. The van der Waals surface area contributed by atoms with Crippen LogP contribution in [0.25, 0.3) is 11.3 Å². The average Bonchev–Trinajstić information content (AvgIpc) is 3.31. The van der Waals surface area contributed by atoms with Crippen LogP contribution in [0.4, 0.5) is 0 Å². The van der Waals surface area contributed by atoms with Crippen molar-refractivity contribution >= 4 is 5.91 Å². The van der Waals surface area contributed by atoms with Gasteiger partial charge in [-0.05, 0) is 50.6 Å². The quantitative estimate of drug-likeness (QED) is 0.605. The number of likely N-dealkylation sites (tertiary alicyclic amines) is 1. The van der Waals surface area contributed by atoms with E-state index >= 15 is 0 Å². The van der Waals surface area contributed by atoms with E-state index in [-0.39, 0.29) is 11.9 Å². The third kappa shape index (κ3) is 5.14. The van der Waals surface area contributed by atoms with E-state index in [1.165, 1.54) is 30.4 Å². The lowest BCUT2D eigenvalue weighted by atomic mass is 10.0. The molecule has 1 amide bonds. The van der Waals surface area contributed by atoms with Gasteiger partial charge in [0.25, 0.3) is 5.91 Å². The number of carbonyl (C=O) groups is 1. The lowest BCUT2D eigenvalue weighted by Crippen LogP contribution is -2.40. The predicted octanol–water partition coefficient (Wildman–Crippen LogP) is 4.62. The van der Waals surface area contributed by atoms with Crippen LogP contribution >= 0.6 is 0 Å². The van der Waals surface area contributed by atoms with Crippen LogP contribution < -0.4 is 10.1 Å². The minimum atomic E-state index is -0.224. The van der Waals surface area contributed by atoms with E-state index in [0.717, 1.165) is 24.4 Å². The van der Waals surface area contributed by atoms with Gasteiger partial charge in [0.2, 0.25) is 0 Å². The SMILES string of the molecule is COc1ccc([C@@H](CNC(=O)c2cc(-c3ccc(C)cc3)on2)N2CCCCC2)cc1. The molecule has 6 nitrogen and oxygen atoms in total. The monoisotopic (exact) mass is 419 g/mol. The Morgan fingerprint density at radius 2 is 1.81 bits per heavy atom. The molecule has 0 spiro atoms. The molecule has 1 saturated heterocycles.